The minimum absolute atomic E-state index is 0.550. The molecule has 62 heavy (non-hydrogen) atoms. The van der Waals surface area contributed by atoms with Crippen molar-refractivity contribution in [1.29, 1.82) is 0 Å². The second kappa shape index (κ2) is 14.7. The summed E-state index contributed by atoms with van der Waals surface area (Å²) in [7, 11) is 0. The van der Waals surface area contributed by atoms with Gasteiger partial charge in [-0.15, -0.1) is 0 Å². The van der Waals surface area contributed by atoms with Crippen LogP contribution in [0.25, 0.3) is 112 Å². The number of benzene rings is 8. The number of para-hydroxylation sites is 2. The second-order valence-corrected chi connectivity index (χ2v) is 15.5. The summed E-state index contributed by atoms with van der Waals surface area (Å²) in [6, 6.07) is 76.2. The molecule has 6 nitrogen and oxygen atoms in total. The van der Waals surface area contributed by atoms with Gasteiger partial charge in [-0.1, -0.05) is 176 Å². The first-order valence-electron chi connectivity index (χ1n) is 20.8. The molecule has 0 N–H and O–H groups in total. The number of nitrogens with zero attached hydrogens (tertiary/aromatic N) is 6. The summed E-state index contributed by atoms with van der Waals surface area (Å²) in [4.78, 5) is 20.7. The van der Waals surface area contributed by atoms with Crippen LogP contribution in [-0.2, 0) is 0 Å². The van der Waals surface area contributed by atoms with Gasteiger partial charge in [-0.3, -0.25) is 4.57 Å². The van der Waals surface area contributed by atoms with E-state index in [1.54, 1.807) is 0 Å². The van der Waals surface area contributed by atoms with Crippen LogP contribution < -0.4 is 0 Å². The average Bonchev–Trinajstić information content (AvgIpc) is 3.88. The van der Waals surface area contributed by atoms with E-state index >= 15 is 0 Å². The lowest BCUT2D eigenvalue weighted by Crippen LogP contribution is -2.06. The molecule has 12 rings (SSSR count). The van der Waals surface area contributed by atoms with E-state index in [2.05, 4.69) is 185 Å². The fraction of sp³-hybridized carbons (Fsp3) is 0. The third kappa shape index (κ3) is 5.96. The Bertz CT molecular complexity index is 3610. The van der Waals surface area contributed by atoms with Crippen LogP contribution in [0.2, 0.25) is 0 Å². The SMILES string of the molecule is c1ccc(-c2cccc(-n3c4ccccc4c4ccc5c(c6ccccc6n5-c5nc(-c6ccccc6)nc(-c6ccc(-c7cccc(-c8ccccc8)n7)cc6)n5)c43)c2)cc1. The number of rotatable bonds is 7. The Hall–Kier alpha value is -8.48. The molecular formula is C56H36N6. The van der Waals surface area contributed by atoms with Gasteiger partial charge in [0, 0.05) is 49.5 Å². The molecule has 0 spiro atoms. The van der Waals surface area contributed by atoms with Crippen molar-refractivity contribution >= 4 is 43.6 Å². The van der Waals surface area contributed by atoms with Crippen LogP contribution in [0, 0.1) is 0 Å². The van der Waals surface area contributed by atoms with Gasteiger partial charge in [0.25, 0.3) is 0 Å². The normalized spacial score (nSPS) is 11.5. The number of aromatic nitrogens is 6. The Labute approximate surface area is 357 Å². The molecule has 6 heteroatoms. The first kappa shape index (κ1) is 35.5. The van der Waals surface area contributed by atoms with Crippen LogP contribution >= 0.6 is 0 Å². The molecule has 4 aromatic heterocycles. The van der Waals surface area contributed by atoms with E-state index in [9.17, 15) is 0 Å². The number of hydrogen-bond donors (Lipinski definition) is 0. The predicted molar refractivity (Wildman–Crippen MR) is 253 cm³/mol. The second-order valence-electron chi connectivity index (χ2n) is 15.5. The summed E-state index contributed by atoms with van der Waals surface area (Å²) in [5.41, 5.74) is 13.5. The van der Waals surface area contributed by atoms with Crippen LogP contribution in [0.5, 0.6) is 0 Å². The molecule has 0 aliphatic rings. The van der Waals surface area contributed by atoms with Crippen molar-refractivity contribution in [2.75, 3.05) is 0 Å². The number of pyridine rings is 1. The Morgan fingerprint density at radius 1 is 0.290 bits per heavy atom. The highest BCUT2D eigenvalue weighted by Crippen LogP contribution is 2.42. The van der Waals surface area contributed by atoms with Gasteiger partial charge in [0.15, 0.2) is 11.6 Å². The zero-order valence-corrected chi connectivity index (χ0v) is 33.5. The molecule has 0 saturated carbocycles. The van der Waals surface area contributed by atoms with Gasteiger partial charge >= 0.3 is 0 Å². The van der Waals surface area contributed by atoms with Crippen LogP contribution in [0.15, 0.2) is 218 Å². The van der Waals surface area contributed by atoms with Gasteiger partial charge in [0.2, 0.25) is 5.95 Å². The Kier molecular flexibility index (Phi) is 8.38. The van der Waals surface area contributed by atoms with Gasteiger partial charge < -0.3 is 4.57 Å². The van der Waals surface area contributed by atoms with Crippen molar-refractivity contribution < 1.29 is 0 Å². The van der Waals surface area contributed by atoms with Gasteiger partial charge in [0.05, 0.1) is 33.5 Å². The van der Waals surface area contributed by atoms with E-state index < -0.39 is 0 Å². The fourth-order valence-corrected chi connectivity index (χ4v) is 8.91. The fourth-order valence-electron chi connectivity index (χ4n) is 8.91. The third-order valence-corrected chi connectivity index (χ3v) is 11.8. The maximum Gasteiger partial charge on any atom is 0.238 e. The van der Waals surface area contributed by atoms with Crippen molar-refractivity contribution in [3.63, 3.8) is 0 Å². The predicted octanol–water partition coefficient (Wildman–Crippen LogP) is 13.8. The third-order valence-electron chi connectivity index (χ3n) is 11.8. The van der Waals surface area contributed by atoms with Crippen molar-refractivity contribution in [2.24, 2.45) is 0 Å². The summed E-state index contributed by atoms with van der Waals surface area (Å²) >= 11 is 0. The lowest BCUT2D eigenvalue weighted by Gasteiger charge is -2.12. The van der Waals surface area contributed by atoms with E-state index in [1.807, 2.05) is 42.5 Å². The molecule has 0 bridgehead atoms. The summed E-state index contributed by atoms with van der Waals surface area (Å²) in [5.74, 6) is 1.74. The van der Waals surface area contributed by atoms with Gasteiger partial charge in [-0.25, -0.2) is 9.97 Å². The summed E-state index contributed by atoms with van der Waals surface area (Å²) in [6.45, 7) is 0. The van der Waals surface area contributed by atoms with Crippen LogP contribution in [-0.4, -0.2) is 29.1 Å². The first-order chi connectivity index (χ1) is 30.7. The number of fused-ring (bicyclic) bond motifs is 7. The quantitative estimate of drug-likeness (QED) is 0.161. The van der Waals surface area contributed by atoms with E-state index in [1.165, 1.54) is 21.9 Å². The zero-order valence-electron chi connectivity index (χ0n) is 33.5. The minimum atomic E-state index is 0.550. The van der Waals surface area contributed by atoms with Gasteiger partial charge in [-0.2, -0.15) is 9.97 Å². The molecule has 0 saturated heterocycles. The first-order valence-corrected chi connectivity index (χ1v) is 20.8. The molecule has 0 amide bonds. The highest BCUT2D eigenvalue weighted by atomic mass is 15.2. The molecule has 290 valence electrons. The summed E-state index contributed by atoms with van der Waals surface area (Å²) in [6.07, 6.45) is 0. The average molecular weight is 793 g/mol. The van der Waals surface area contributed by atoms with Crippen molar-refractivity contribution in [2.45, 2.75) is 0 Å². The molecule has 0 fully saturated rings. The van der Waals surface area contributed by atoms with E-state index in [0.717, 1.165) is 72.2 Å². The van der Waals surface area contributed by atoms with Crippen molar-refractivity contribution in [1.82, 2.24) is 29.1 Å². The molecule has 0 aliphatic carbocycles. The molecule has 12 aromatic rings. The van der Waals surface area contributed by atoms with E-state index in [0.29, 0.717) is 17.6 Å². The molecule has 0 unspecified atom stereocenters. The largest absolute Gasteiger partial charge is 0.309 e. The molecular weight excluding hydrogens is 757 g/mol. The van der Waals surface area contributed by atoms with E-state index in [-0.39, 0.29) is 0 Å². The molecule has 0 aliphatic heterocycles. The van der Waals surface area contributed by atoms with Crippen LogP contribution in [0.4, 0.5) is 0 Å². The lowest BCUT2D eigenvalue weighted by atomic mass is 10.0. The van der Waals surface area contributed by atoms with Gasteiger partial charge in [-0.05, 0) is 53.6 Å². The number of hydrogen-bond acceptors (Lipinski definition) is 4. The minimum Gasteiger partial charge on any atom is -0.309 e. The maximum atomic E-state index is 5.29. The van der Waals surface area contributed by atoms with Gasteiger partial charge in [0.1, 0.15) is 0 Å². The standard InChI is InChI=1S/C56H36N6/c1-4-16-37(17-5-1)42-22-14-23-43(36-42)61-49-28-12-10-24-44(49)45-34-35-51-52(53(45)61)46-25-11-13-29-50(46)62(51)56-59-54(40-20-8-3-9-21-40)58-55(60-56)41-32-30-39(31-33-41)48-27-15-26-47(57-48)38-18-6-2-7-19-38/h1-36H. The smallest absolute Gasteiger partial charge is 0.238 e. The van der Waals surface area contributed by atoms with Crippen molar-refractivity contribution in [3.05, 3.63) is 218 Å². The summed E-state index contributed by atoms with van der Waals surface area (Å²) in [5, 5.41) is 4.64. The topological polar surface area (TPSA) is 61.4 Å². The maximum absolute atomic E-state index is 5.29. The van der Waals surface area contributed by atoms with Crippen LogP contribution in [0.3, 0.4) is 0 Å². The summed E-state index contributed by atoms with van der Waals surface area (Å²) < 4.78 is 4.63. The Morgan fingerprint density at radius 2 is 0.806 bits per heavy atom. The van der Waals surface area contributed by atoms with E-state index in [4.69, 9.17) is 19.9 Å². The molecule has 8 aromatic carbocycles. The molecule has 4 heterocycles. The van der Waals surface area contributed by atoms with Crippen molar-refractivity contribution in [3.8, 4) is 68.1 Å². The Balaban J connectivity index is 1.06. The molecule has 0 radical (unpaired) electrons. The lowest BCUT2D eigenvalue weighted by molar-refractivity contribution is 0.953. The molecule has 0 atom stereocenters. The monoisotopic (exact) mass is 792 g/mol. The highest BCUT2D eigenvalue weighted by Gasteiger charge is 2.23. The Morgan fingerprint density at radius 3 is 1.50 bits per heavy atom. The zero-order chi connectivity index (χ0) is 41.0. The van der Waals surface area contributed by atoms with Crippen LogP contribution in [0.1, 0.15) is 0 Å². The highest BCUT2D eigenvalue weighted by molar-refractivity contribution is 6.26.